The van der Waals surface area contributed by atoms with Crippen LogP contribution in [0, 0.1) is 11.8 Å². The molecule has 0 aromatic heterocycles. The molecule has 3 nitrogen and oxygen atoms in total. The molecule has 0 aliphatic heterocycles. The maximum absolute atomic E-state index is 11.0. The lowest BCUT2D eigenvalue weighted by molar-refractivity contribution is -0.139. The van der Waals surface area contributed by atoms with Gasteiger partial charge in [0.2, 0.25) is 0 Å². The van der Waals surface area contributed by atoms with Gasteiger partial charge >= 0.3 is 5.97 Å². The molecule has 0 aliphatic rings. The fourth-order valence-electron chi connectivity index (χ4n) is 1.08. The highest BCUT2D eigenvalue weighted by Crippen LogP contribution is 2.03. The smallest absolute Gasteiger partial charge is 0.317 e. The zero-order valence-corrected chi connectivity index (χ0v) is 9.24. The summed E-state index contributed by atoms with van der Waals surface area (Å²) in [6, 6.07) is 6.93. The Morgan fingerprint density at radius 2 is 1.88 bits per heavy atom. The summed E-state index contributed by atoms with van der Waals surface area (Å²) < 4.78 is 4.45. The van der Waals surface area contributed by atoms with Gasteiger partial charge in [-0.05, 0) is 19.1 Å². The van der Waals surface area contributed by atoms with E-state index < -0.39 is 0 Å². The zero-order chi connectivity index (χ0) is 12.0. The van der Waals surface area contributed by atoms with Crippen molar-refractivity contribution in [3.05, 3.63) is 35.4 Å². The number of carbonyl (C=O) groups excluding carboxylic acids is 2. The standard InChI is InChI=1S/C13H12O3/c1-10(14)12-8-6-11(7-9-12)4-3-5-13(15)16-2/h6-9H,5H2,1-2H3. The Labute approximate surface area is 94.4 Å². The molecule has 0 N–H and O–H groups in total. The van der Waals surface area contributed by atoms with Gasteiger partial charge in [-0.3, -0.25) is 9.59 Å². The molecule has 0 heterocycles. The normalized spacial score (nSPS) is 8.88. The molecule has 1 rings (SSSR count). The first-order valence-corrected chi connectivity index (χ1v) is 4.80. The maximum atomic E-state index is 11.0. The van der Waals surface area contributed by atoms with Gasteiger partial charge in [-0.2, -0.15) is 0 Å². The zero-order valence-electron chi connectivity index (χ0n) is 9.24. The minimum Gasteiger partial charge on any atom is -0.468 e. The Hall–Kier alpha value is -2.08. The van der Waals surface area contributed by atoms with Gasteiger partial charge in [0.25, 0.3) is 0 Å². The molecule has 3 heteroatoms. The second kappa shape index (κ2) is 5.72. The van der Waals surface area contributed by atoms with Crippen molar-refractivity contribution in [2.75, 3.05) is 7.11 Å². The summed E-state index contributed by atoms with van der Waals surface area (Å²) in [4.78, 5) is 21.8. The summed E-state index contributed by atoms with van der Waals surface area (Å²) >= 11 is 0. The van der Waals surface area contributed by atoms with E-state index in [0.717, 1.165) is 5.56 Å². The first kappa shape index (κ1) is 12.0. The highest BCUT2D eigenvalue weighted by atomic mass is 16.5. The number of benzene rings is 1. The molecule has 0 atom stereocenters. The third-order valence-corrected chi connectivity index (χ3v) is 1.98. The first-order chi connectivity index (χ1) is 7.63. The predicted molar refractivity (Wildman–Crippen MR) is 60.0 cm³/mol. The van der Waals surface area contributed by atoms with Crippen LogP contribution in [0.25, 0.3) is 0 Å². The number of Topliss-reactive ketones (excluding diaryl/α,β-unsaturated/α-hetero) is 1. The highest BCUT2D eigenvalue weighted by Gasteiger charge is 1.97. The van der Waals surface area contributed by atoms with Crippen LogP contribution in [0.15, 0.2) is 24.3 Å². The number of carbonyl (C=O) groups is 2. The molecule has 0 amide bonds. The van der Waals surface area contributed by atoms with Crippen molar-refractivity contribution in [1.82, 2.24) is 0 Å². The Balaban J connectivity index is 2.68. The fourth-order valence-corrected chi connectivity index (χ4v) is 1.08. The van der Waals surface area contributed by atoms with Crippen molar-refractivity contribution in [3.63, 3.8) is 0 Å². The third-order valence-electron chi connectivity index (χ3n) is 1.98. The predicted octanol–water partition coefficient (Wildman–Crippen LogP) is 1.80. The second-order valence-electron chi connectivity index (χ2n) is 3.19. The number of esters is 1. The van der Waals surface area contributed by atoms with E-state index in [9.17, 15) is 9.59 Å². The van der Waals surface area contributed by atoms with E-state index in [1.54, 1.807) is 24.3 Å². The van der Waals surface area contributed by atoms with E-state index in [-0.39, 0.29) is 18.2 Å². The summed E-state index contributed by atoms with van der Waals surface area (Å²) in [7, 11) is 1.33. The quantitative estimate of drug-likeness (QED) is 0.430. The molecule has 1 aromatic carbocycles. The number of methoxy groups -OCH3 is 1. The van der Waals surface area contributed by atoms with Crippen LogP contribution in [0.3, 0.4) is 0 Å². The Morgan fingerprint density at radius 1 is 1.25 bits per heavy atom. The van der Waals surface area contributed by atoms with Crippen LogP contribution >= 0.6 is 0 Å². The molecule has 0 fully saturated rings. The fraction of sp³-hybridized carbons (Fsp3) is 0.231. The number of ketones is 1. The highest BCUT2D eigenvalue weighted by molar-refractivity contribution is 5.94. The van der Waals surface area contributed by atoms with E-state index in [4.69, 9.17) is 0 Å². The van der Waals surface area contributed by atoms with Gasteiger partial charge in [-0.1, -0.05) is 24.0 Å². The molecule has 0 radical (unpaired) electrons. The van der Waals surface area contributed by atoms with E-state index in [2.05, 4.69) is 16.6 Å². The second-order valence-corrected chi connectivity index (χ2v) is 3.19. The molecule has 0 unspecified atom stereocenters. The van der Waals surface area contributed by atoms with Crippen LogP contribution in [0.4, 0.5) is 0 Å². The molecule has 82 valence electrons. The van der Waals surface area contributed by atoms with Gasteiger partial charge < -0.3 is 4.74 Å². The molecular formula is C13H12O3. The summed E-state index contributed by atoms with van der Waals surface area (Å²) in [5, 5.41) is 0. The topological polar surface area (TPSA) is 43.4 Å². The molecule has 0 bridgehead atoms. The van der Waals surface area contributed by atoms with Crippen LogP contribution in [0.1, 0.15) is 29.3 Å². The summed E-state index contributed by atoms with van der Waals surface area (Å²) in [5.41, 5.74) is 1.42. The molecular weight excluding hydrogens is 204 g/mol. The SMILES string of the molecule is COC(=O)CC#Cc1ccc(C(C)=O)cc1. The van der Waals surface area contributed by atoms with Crippen LogP contribution in [-0.4, -0.2) is 18.9 Å². The summed E-state index contributed by atoms with van der Waals surface area (Å²) in [6.45, 7) is 1.51. The average Bonchev–Trinajstić information content (AvgIpc) is 2.29. The van der Waals surface area contributed by atoms with Crippen LogP contribution in [-0.2, 0) is 9.53 Å². The summed E-state index contributed by atoms with van der Waals surface area (Å²) in [5.74, 6) is 5.17. The Morgan fingerprint density at radius 3 is 2.38 bits per heavy atom. The molecule has 0 saturated carbocycles. The van der Waals surface area contributed by atoms with Gasteiger partial charge in [0.15, 0.2) is 5.78 Å². The van der Waals surface area contributed by atoms with E-state index in [0.29, 0.717) is 5.56 Å². The minimum absolute atomic E-state index is 0.0223. The lowest BCUT2D eigenvalue weighted by Crippen LogP contribution is -1.97. The van der Waals surface area contributed by atoms with Gasteiger partial charge in [0, 0.05) is 11.1 Å². The van der Waals surface area contributed by atoms with E-state index >= 15 is 0 Å². The lowest BCUT2D eigenvalue weighted by Gasteiger charge is -1.94. The maximum Gasteiger partial charge on any atom is 0.317 e. The molecule has 16 heavy (non-hydrogen) atoms. The van der Waals surface area contributed by atoms with Gasteiger partial charge in [0.1, 0.15) is 6.42 Å². The van der Waals surface area contributed by atoms with Crippen molar-refractivity contribution >= 4 is 11.8 Å². The van der Waals surface area contributed by atoms with Crippen molar-refractivity contribution < 1.29 is 14.3 Å². The van der Waals surface area contributed by atoms with Crippen molar-refractivity contribution in [3.8, 4) is 11.8 Å². The molecule has 0 spiro atoms. The number of hydrogen-bond acceptors (Lipinski definition) is 3. The minimum atomic E-state index is -0.354. The van der Waals surface area contributed by atoms with Gasteiger partial charge in [-0.15, -0.1) is 0 Å². The molecule has 0 aliphatic carbocycles. The van der Waals surface area contributed by atoms with Crippen LogP contribution in [0.5, 0.6) is 0 Å². The Bertz CT molecular complexity index is 446. The third kappa shape index (κ3) is 3.58. The Kier molecular flexibility index (Phi) is 4.28. The van der Waals surface area contributed by atoms with Crippen LogP contribution in [0.2, 0.25) is 0 Å². The van der Waals surface area contributed by atoms with Crippen LogP contribution < -0.4 is 0 Å². The van der Waals surface area contributed by atoms with Crippen molar-refractivity contribution in [1.29, 1.82) is 0 Å². The number of rotatable bonds is 2. The van der Waals surface area contributed by atoms with E-state index in [1.807, 2.05) is 0 Å². The summed E-state index contributed by atoms with van der Waals surface area (Å²) in [6.07, 6.45) is 0.0744. The largest absolute Gasteiger partial charge is 0.468 e. The van der Waals surface area contributed by atoms with Crippen molar-refractivity contribution in [2.24, 2.45) is 0 Å². The first-order valence-electron chi connectivity index (χ1n) is 4.80. The average molecular weight is 216 g/mol. The monoisotopic (exact) mass is 216 g/mol. The molecule has 0 saturated heterocycles. The number of ether oxygens (including phenoxy) is 1. The van der Waals surface area contributed by atoms with Crippen molar-refractivity contribution in [2.45, 2.75) is 13.3 Å². The lowest BCUT2D eigenvalue weighted by atomic mass is 10.1. The van der Waals surface area contributed by atoms with Gasteiger partial charge in [-0.25, -0.2) is 0 Å². The molecule has 1 aromatic rings. The van der Waals surface area contributed by atoms with E-state index in [1.165, 1.54) is 14.0 Å². The van der Waals surface area contributed by atoms with Gasteiger partial charge in [0.05, 0.1) is 7.11 Å². The number of hydrogen-bond donors (Lipinski definition) is 0.